The largest absolute Gasteiger partial charge is 0.348 e. The van der Waals surface area contributed by atoms with Gasteiger partial charge in [-0.1, -0.05) is 17.4 Å². The van der Waals surface area contributed by atoms with Crippen molar-refractivity contribution in [3.8, 4) is 10.6 Å². The second-order valence-electron chi connectivity index (χ2n) is 7.09. The monoisotopic (exact) mass is 492 g/mol. The Hall–Kier alpha value is -2.87. The lowest BCUT2D eigenvalue weighted by Gasteiger charge is -2.25. The molecule has 32 heavy (non-hydrogen) atoms. The Labute approximate surface area is 192 Å². The summed E-state index contributed by atoms with van der Waals surface area (Å²) in [6.07, 6.45) is 5.08. The van der Waals surface area contributed by atoms with Crippen LogP contribution in [0.25, 0.3) is 10.6 Å². The van der Waals surface area contributed by atoms with E-state index in [2.05, 4.69) is 15.4 Å². The van der Waals surface area contributed by atoms with Gasteiger partial charge in [0.1, 0.15) is 11.4 Å². The van der Waals surface area contributed by atoms with Gasteiger partial charge in [-0.3, -0.25) is 15.5 Å². The maximum absolute atomic E-state index is 11.5. The molecule has 2 aromatic heterocycles. The summed E-state index contributed by atoms with van der Waals surface area (Å²) in [7, 11) is -4.06. The summed E-state index contributed by atoms with van der Waals surface area (Å²) in [5.74, 6) is 0. The zero-order valence-electron chi connectivity index (χ0n) is 16.8. The molecule has 3 heterocycles. The number of hydrogen-bond donors (Lipinski definition) is 2. The summed E-state index contributed by atoms with van der Waals surface area (Å²) in [6, 6.07) is 7.31. The van der Waals surface area contributed by atoms with Crippen LogP contribution in [0.4, 0.5) is 16.5 Å². The van der Waals surface area contributed by atoms with Crippen molar-refractivity contribution in [3.63, 3.8) is 0 Å². The van der Waals surface area contributed by atoms with Gasteiger partial charge in [-0.05, 0) is 42.8 Å². The third-order valence-electron chi connectivity index (χ3n) is 4.88. The molecular formula is C19H20N6O4S3. The van der Waals surface area contributed by atoms with Gasteiger partial charge in [-0.15, -0.1) is 11.3 Å². The lowest BCUT2D eigenvalue weighted by molar-refractivity contribution is -0.384. The number of benzene rings is 1. The molecule has 1 fully saturated rings. The number of hydrogen-bond acceptors (Lipinski definition) is 10. The Morgan fingerprint density at radius 2 is 2.03 bits per heavy atom. The average molecular weight is 493 g/mol. The Morgan fingerprint density at radius 1 is 1.25 bits per heavy atom. The van der Waals surface area contributed by atoms with Gasteiger partial charge < -0.3 is 4.90 Å². The maximum atomic E-state index is 11.5. The van der Waals surface area contributed by atoms with Crippen LogP contribution in [0.5, 0.6) is 0 Å². The molecule has 1 saturated heterocycles. The molecule has 0 atom stereocenters. The third-order valence-corrected chi connectivity index (χ3v) is 7.72. The van der Waals surface area contributed by atoms with E-state index in [4.69, 9.17) is 10.1 Å². The van der Waals surface area contributed by atoms with Crippen molar-refractivity contribution in [1.29, 1.82) is 0 Å². The van der Waals surface area contributed by atoms with Crippen molar-refractivity contribution in [2.75, 3.05) is 23.4 Å². The Kier molecular flexibility index (Phi) is 6.50. The van der Waals surface area contributed by atoms with Crippen molar-refractivity contribution in [3.05, 3.63) is 50.7 Å². The van der Waals surface area contributed by atoms with Crippen LogP contribution in [0, 0.1) is 10.1 Å². The highest BCUT2D eigenvalue weighted by Crippen LogP contribution is 2.35. The molecule has 0 saturated carbocycles. The summed E-state index contributed by atoms with van der Waals surface area (Å²) in [6.45, 7) is 1.93. The van der Waals surface area contributed by atoms with Crippen molar-refractivity contribution in [1.82, 2.24) is 4.98 Å². The zero-order valence-corrected chi connectivity index (χ0v) is 19.3. The molecule has 0 radical (unpaired) electrons. The number of rotatable bonds is 7. The fourth-order valence-electron chi connectivity index (χ4n) is 3.31. The number of hydrazone groups is 1. The van der Waals surface area contributed by atoms with E-state index in [1.54, 1.807) is 17.6 Å². The van der Waals surface area contributed by atoms with Gasteiger partial charge in [0, 0.05) is 19.2 Å². The van der Waals surface area contributed by atoms with E-state index in [-0.39, 0.29) is 10.6 Å². The average Bonchev–Trinajstić information content (AvgIpc) is 3.43. The van der Waals surface area contributed by atoms with Crippen molar-refractivity contribution >= 4 is 55.4 Å². The summed E-state index contributed by atoms with van der Waals surface area (Å²) in [5.41, 5.74) is 3.07. The SMILES string of the molecule is NS(=O)(=O)c1ccc(N/N=C\c2sc(N3CCCCC3)nc2-c2cccs2)c([N+](=O)[O-])c1. The minimum Gasteiger partial charge on any atom is -0.348 e. The van der Waals surface area contributed by atoms with Gasteiger partial charge in [0.25, 0.3) is 5.69 Å². The fraction of sp³-hybridized carbons (Fsp3) is 0.263. The number of thiazole rings is 1. The predicted octanol–water partition coefficient (Wildman–Crippen LogP) is 3.86. The van der Waals surface area contributed by atoms with E-state index >= 15 is 0 Å². The molecule has 1 aliphatic rings. The van der Waals surface area contributed by atoms with Crippen LogP contribution >= 0.6 is 22.7 Å². The normalized spacial score (nSPS) is 14.7. The quantitative estimate of drug-likeness (QED) is 0.289. The number of aromatic nitrogens is 1. The predicted molar refractivity (Wildman–Crippen MR) is 127 cm³/mol. The number of nitrogens with two attached hydrogens (primary N) is 1. The van der Waals surface area contributed by atoms with Crippen LogP contribution in [0.15, 0.2) is 45.7 Å². The number of thiophene rings is 1. The number of primary sulfonamides is 1. The van der Waals surface area contributed by atoms with Gasteiger partial charge in [0.2, 0.25) is 10.0 Å². The number of nitro benzene ring substituents is 1. The molecule has 10 nitrogen and oxygen atoms in total. The Balaban J connectivity index is 1.62. The van der Waals surface area contributed by atoms with E-state index in [0.29, 0.717) is 0 Å². The smallest absolute Gasteiger partial charge is 0.295 e. The van der Waals surface area contributed by atoms with E-state index in [0.717, 1.165) is 52.6 Å². The molecule has 168 valence electrons. The Morgan fingerprint density at radius 3 is 2.69 bits per heavy atom. The summed E-state index contributed by atoms with van der Waals surface area (Å²) < 4.78 is 23.0. The molecule has 0 amide bonds. The van der Waals surface area contributed by atoms with Gasteiger partial charge in [-0.2, -0.15) is 5.10 Å². The van der Waals surface area contributed by atoms with Crippen molar-refractivity contribution in [2.45, 2.75) is 24.2 Å². The highest BCUT2D eigenvalue weighted by atomic mass is 32.2. The number of sulfonamides is 1. The summed E-state index contributed by atoms with van der Waals surface area (Å²) in [5, 5.41) is 23.5. The number of nitro groups is 1. The van der Waals surface area contributed by atoms with Crippen LogP contribution in [0.1, 0.15) is 24.1 Å². The molecule has 0 bridgehead atoms. The standard InChI is InChI=1S/C19H20N6O4S3/c20-32(28,29)13-6-7-14(15(11-13)25(26)27)23-21-12-17-18(16-5-4-10-30-16)22-19(31-17)24-8-2-1-3-9-24/h4-7,10-12,23H,1-3,8-9H2,(H2,20,28,29)/b21-12-. The maximum Gasteiger partial charge on any atom is 0.295 e. The van der Waals surface area contributed by atoms with E-state index < -0.39 is 20.6 Å². The third kappa shape index (κ3) is 4.96. The van der Waals surface area contributed by atoms with E-state index in [9.17, 15) is 18.5 Å². The summed E-state index contributed by atoms with van der Waals surface area (Å²) >= 11 is 3.09. The lowest BCUT2D eigenvalue weighted by Crippen LogP contribution is -2.29. The minimum atomic E-state index is -4.06. The summed E-state index contributed by atoms with van der Waals surface area (Å²) in [4.78, 5) is 19.3. The first-order chi connectivity index (χ1) is 15.3. The van der Waals surface area contributed by atoms with Gasteiger partial charge in [0.15, 0.2) is 5.13 Å². The minimum absolute atomic E-state index is 0.0529. The van der Waals surface area contributed by atoms with E-state index in [1.165, 1.54) is 29.9 Å². The number of anilines is 2. The van der Waals surface area contributed by atoms with Crippen molar-refractivity contribution in [2.24, 2.45) is 10.2 Å². The van der Waals surface area contributed by atoms with Gasteiger partial charge in [-0.25, -0.2) is 18.5 Å². The van der Waals surface area contributed by atoms with E-state index in [1.807, 2.05) is 17.5 Å². The zero-order chi connectivity index (χ0) is 22.7. The topological polar surface area (TPSA) is 144 Å². The number of nitrogens with zero attached hydrogens (tertiary/aromatic N) is 4. The van der Waals surface area contributed by atoms with Crippen LogP contribution < -0.4 is 15.5 Å². The Bertz CT molecular complexity index is 1250. The first kappa shape index (κ1) is 22.3. The molecule has 1 aromatic carbocycles. The molecule has 3 aromatic rings. The first-order valence-electron chi connectivity index (χ1n) is 9.73. The molecule has 13 heteroatoms. The molecule has 1 aliphatic heterocycles. The lowest BCUT2D eigenvalue weighted by atomic mass is 10.1. The van der Waals surface area contributed by atoms with Crippen molar-refractivity contribution < 1.29 is 13.3 Å². The molecular weight excluding hydrogens is 472 g/mol. The second kappa shape index (κ2) is 9.32. The number of piperidine rings is 1. The highest BCUT2D eigenvalue weighted by molar-refractivity contribution is 7.89. The second-order valence-corrected chi connectivity index (χ2v) is 10.6. The van der Waals surface area contributed by atoms with Crippen LogP contribution in [-0.2, 0) is 10.0 Å². The van der Waals surface area contributed by atoms with Crippen LogP contribution in [0.3, 0.4) is 0 Å². The first-order valence-corrected chi connectivity index (χ1v) is 13.0. The molecule has 0 aliphatic carbocycles. The molecule has 4 rings (SSSR count). The number of nitrogens with one attached hydrogen (secondary N) is 1. The molecule has 0 spiro atoms. The van der Waals surface area contributed by atoms with Gasteiger partial charge >= 0.3 is 0 Å². The van der Waals surface area contributed by atoms with Gasteiger partial charge in [0.05, 0.1) is 25.8 Å². The van der Waals surface area contributed by atoms with Crippen LogP contribution in [0.2, 0.25) is 0 Å². The van der Waals surface area contributed by atoms with Crippen LogP contribution in [-0.4, -0.2) is 37.6 Å². The highest BCUT2D eigenvalue weighted by Gasteiger charge is 2.20. The molecule has 0 unspecified atom stereocenters. The molecule has 3 N–H and O–H groups in total. The fourth-order valence-corrected chi connectivity index (χ4v) is 5.64.